The lowest BCUT2D eigenvalue weighted by molar-refractivity contribution is 0.0730. The van der Waals surface area contributed by atoms with E-state index in [2.05, 4.69) is 21.2 Å². The summed E-state index contributed by atoms with van der Waals surface area (Å²) >= 11 is 9.49. The van der Waals surface area contributed by atoms with Crippen LogP contribution in [0.15, 0.2) is 51.8 Å². The molecule has 1 aliphatic rings. The molecule has 1 heterocycles. The third kappa shape index (κ3) is 4.89. The van der Waals surface area contributed by atoms with Gasteiger partial charge in [0.05, 0.1) is 18.1 Å². The zero-order chi connectivity index (χ0) is 19.4. The second kappa shape index (κ2) is 8.70. The van der Waals surface area contributed by atoms with Crippen molar-refractivity contribution in [2.75, 3.05) is 26.3 Å². The molecule has 0 radical (unpaired) electrons. The zero-order valence-electron chi connectivity index (χ0n) is 14.3. The second-order valence-corrected chi connectivity index (χ2v) is 9.22. The van der Waals surface area contributed by atoms with Crippen LogP contribution in [-0.4, -0.2) is 44.9 Å². The van der Waals surface area contributed by atoms with E-state index in [4.69, 9.17) is 16.3 Å². The third-order valence-electron chi connectivity index (χ3n) is 4.16. The third-order valence-corrected chi connectivity index (χ3v) is 6.90. The Labute approximate surface area is 171 Å². The van der Waals surface area contributed by atoms with Gasteiger partial charge in [-0.1, -0.05) is 39.7 Å². The highest BCUT2D eigenvalue weighted by molar-refractivity contribution is 9.10. The van der Waals surface area contributed by atoms with Crippen molar-refractivity contribution in [1.29, 1.82) is 0 Å². The average Bonchev–Trinajstić information content (AvgIpc) is 2.68. The van der Waals surface area contributed by atoms with Gasteiger partial charge in [-0.3, -0.25) is 4.79 Å². The van der Waals surface area contributed by atoms with Gasteiger partial charge >= 0.3 is 0 Å². The van der Waals surface area contributed by atoms with E-state index in [1.807, 2.05) is 12.1 Å². The van der Waals surface area contributed by atoms with Crippen molar-refractivity contribution in [3.63, 3.8) is 0 Å². The van der Waals surface area contributed by atoms with Crippen molar-refractivity contribution in [2.24, 2.45) is 0 Å². The number of amides is 1. The maximum Gasteiger partial charge on any atom is 0.251 e. The minimum absolute atomic E-state index is 0.0960. The van der Waals surface area contributed by atoms with Gasteiger partial charge in [0, 0.05) is 34.7 Å². The minimum Gasteiger partial charge on any atom is -0.379 e. The van der Waals surface area contributed by atoms with E-state index < -0.39 is 10.0 Å². The van der Waals surface area contributed by atoms with Crippen LogP contribution in [0.2, 0.25) is 5.02 Å². The molecule has 0 unspecified atom stereocenters. The van der Waals surface area contributed by atoms with Gasteiger partial charge in [0.1, 0.15) is 0 Å². The molecule has 0 saturated carbocycles. The Morgan fingerprint density at radius 2 is 1.93 bits per heavy atom. The molecule has 2 aromatic carbocycles. The van der Waals surface area contributed by atoms with E-state index in [0.717, 1.165) is 10.0 Å². The Balaban J connectivity index is 1.73. The molecule has 1 fully saturated rings. The first-order valence-corrected chi connectivity index (χ1v) is 10.9. The first-order valence-electron chi connectivity index (χ1n) is 8.28. The quantitative estimate of drug-likeness (QED) is 0.724. The van der Waals surface area contributed by atoms with E-state index in [0.29, 0.717) is 31.3 Å². The van der Waals surface area contributed by atoms with Gasteiger partial charge in [-0.05, 0) is 35.9 Å². The fraction of sp³-hybridized carbons (Fsp3) is 0.278. The Kier molecular flexibility index (Phi) is 6.54. The molecule has 0 aromatic heterocycles. The van der Waals surface area contributed by atoms with Crippen molar-refractivity contribution in [2.45, 2.75) is 11.4 Å². The van der Waals surface area contributed by atoms with Crippen LogP contribution in [0.5, 0.6) is 0 Å². The normalized spacial score (nSPS) is 15.5. The highest BCUT2D eigenvalue weighted by Crippen LogP contribution is 2.22. The highest BCUT2D eigenvalue weighted by Gasteiger charge is 2.26. The topological polar surface area (TPSA) is 75.7 Å². The first-order chi connectivity index (χ1) is 12.9. The Bertz CT molecular complexity index is 946. The SMILES string of the molecule is O=C(NCc1ccc(Br)cc1Cl)c1cccc(S(=O)(=O)N2CCOCC2)c1. The molecule has 0 atom stereocenters. The van der Waals surface area contributed by atoms with Gasteiger partial charge in [-0.2, -0.15) is 4.31 Å². The number of rotatable bonds is 5. The van der Waals surface area contributed by atoms with Gasteiger partial charge in [0.25, 0.3) is 5.91 Å². The number of hydrogen-bond acceptors (Lipinski definition) is 4. The Morgan fingerprint density at radius 1 is 1.19 bits per heavy atom. The van der Waals surface area contributed by atoms with Crippen LogP contribution in [0.1, 0.15) is 15.9 Å². The maximum atomic E-state index is 12.7. The molecule has 1 N–H and O–H groups in total. The zero-order valence-corrected chi connectivity index (χ0v) is 17.5. The highest BCUT2D eigenvalue weighted by atomic mass is 79.9. The number of hydrogen-bond donors (Lipinski definition) is 1. The number of ether oxygens (including phenoxy) is 1. The van der Waals surface area contributed by atoms with Gasteiger partial charge in [0.2, 0.25) is 10.0 Å². The molecule has 27 heavy (non-hydrogen) atoms. The number of nitrogens with one attached hydrogen (secondary N) is 1. The summed E-state index contributed by atoms with van der Waals surface area (Å²) in [6, 6.07) is 11.4. The number of morpholine rings is 1. The first kappa shape index (κ1) is 20.3. The van der Waals surface area contributed by atoms with Gasteiger partial charge in [-0.15, -0.1) is 0 Å². The molecule has 0 aliphatic carbocycles. The molecule has 9 heteroatoms. The van der Waals surface area contributed by atoms with Crippen molar-refractivity contribution >= 4 is 43.5 Å². The van der Waals surface area contributed by atoms with Crippen molar-refractivity contribution in [3.8, 4) is 0 Å². The molecule has 6 nitrogen and oxygen atoms in total. The van der Waals surface area contributed by atoms with Crippen LogP contribution in [-0.2, 0) is 21.3 Å². The van der Waals surface area contributed by atoms with Crippen LogP contribution in [0.4, 0.5) is 0 Å². The van der Waals surface area contributed by atoms with E-state index in [-0.39, 0.29) is 22.9 Å². The van der Waals surface area contributed by atoms with Gasteiger partial charge in [0.15, 0.2) is 0 Å². The molecular weight excluding hydrogens is 456 g/mol. The monoisotopic (exact) mass is 472 g/mol. The number of halogens is 2. The molecule has 1 aliphatic heterocycles. The summed E-state index contributed by atoms with van der Waals surface area (Å²) < 4.78 is 32.9. The van der Waals surface area contributed by atoms with Crippen molar-refractivity contribution in [1.82, 2.24) is 9.62 Å². The summed E-state index contributed by atoms with van der Waals surface area (Å²) in [5.41, 5.74) is 1.04. The summed E-state index contributed by atoms with van der Waals surface area (Å²) in [6.07, 6.45) is 0. The van der Waals surface area contributed by atoms with Crippen LogP contribution in [0.25, 0.3) is 0 Å². The fourth-order valence-electron chi connectivity index (χ4n) is 2.68. The van der Waals surface area contributed by atoms with E-state index in [1.54, 1.807) is 18.2 Å². The molecule has 1 amide bonds. The summed E-state index contributed by atoms with van der Waals surface area (Å²) in [5, 5.41) is 3.30. The van der Waals surface area contributed by atoms with E-state index in [1.165, 1.54) is 16.4 Å². The molecule has 2 aromatic rings. The van der Waals surface area contributed by atoms with Crippen LogP contribution < -0.4 is 5.32 Å². The van der Waals surface area contributed by atoms with Gasteiger partial charge < -0.3 is 10.1 Å². The smallest absolute Gasteiger partial charge is 0.251 e. The van der Waals surface area contributed by atoms with Crippen molar-refractivity contribution < 1.29 is 17.9 Å². The fourth-order valence-corrected chi connectivity index (χ4v) is 4.87. The summed E-state index contributed by atoms with van der Waals surface area (Å²) in [7, 11) is -3.65. The number of nitrogens with zero attached hydrogens (tertiary/aromatic N) is 1. The van der Waals surface area contributed by atoms with Crippen LogP contribution >= 0.6 is 27.5 Å². The molecule has 0 spiro atoms. The summed E-state index contributed by atoms with van der Waals surface area (Å²) in [5.74, 6) is -0.368. The van der Waals surface area contributed by atoms with Crippen LogP contribution in [0, 0.1) is 0 Å². The summed E-state index contributed by atoms with van der Waals surface area (Å²) in [6.45, 7) is 1.59. The number of carbonyl (C=O) groups excluding carboxylic acids is 1. The van der Waals surface area contributed by atoms with Crippen molar-refractivity contribution in [3.05, 3.63) is 63.1 Å². The number of carbonyl (C=O) groups is 1. The Hall–Kier alpha value is -1.45. The number of sulfonamides is 1. The van der Waals surface area contributed by atoms with E-state index >= 15 is 0 Å². The predicted octanol–water partition coefficient (Wildman–Crippen LogP) is 3.05. The standard InChI is InChI=1S/C18H18BrClN2O4S/c19-15-5-4-14(17(20)11-15)12-21-18(23)13-2-1-3-16(10-13)27(24,25)22-6-8-26-9-7-22/h1-5,10-11H,6-9,12H2,(H,21,23). The molecular formula is C18H18BrClN2O4S. The minimum atomic E-state index is -3.65. The Morgan fingerprint density at radius 3 is 2.63 bits per heavy atom. The predicted molar refractivity (Wildman–Crippen MR) is 106 cm³/mol. The second-order valence-electron chi connectivity index (χ2n) is 5.96. The lowest BCUT2D eigenvalue weighted by Crippen LogP contribution is -2.40. The largest absolute Gasteiger partial charge is 0.379 e. The van der Waals surface area contributed by atoms with Crippen LogP contribution in [0.3, 0.4) is 0 Å². The lowest BCUT2D eigenvalue weighted by atomic mass is 10.2. The number of benzene rings is 2. The maximum absolute atomic E-state index is 12.7. The average molecular weight is 474 g/mol. The van der Waals surface area contributed by atoms with E-state index in [9.17, 15) is 13.2 Å². The molecule has 1 saturated heterocycles. The molecule has 144 valence electrons. The summed E-state index contributed by atoms with van der Waals surface area (Å²) in [4.78, 5) is 12.6. The van der Waals surface area contributed by atoms with Gasteiger partial charge in [-0.25, -0.2) is 8.42 Å². The molecule has 3 rings (SSSR count). The molecule has 0 bridgehead atoms. The lowest BCUT2D eigenvalue weighted by Gasteiger charge is -2.26.